The van der Waals surface area contributed by atoms with E-state index in [2.05, 4.69) is 65.6 Å². The number of piperidine rings is 2. The fourth-order valence-electron chi connectivity index (χ4n) is 8.67. The van der Waals surface area contributed by atoms with Crippen molar-refractivity contribution in [2.75, 3.05) is 71.3 Å². The zero-order valence-corrected chi connectivity index (χ0v) is 35.5. The molecule has 4 aliphatic rings. The Bertz CT molecular complexity index is 1980. The SMILES string of the molecule is CCc1ccc(C[C@@H](NC(=O)ON2CCC(N3CCc4ccccc4NC3=O)CC2)C(=O)N2CCN(C3CCN(C)CC3)CC2)cc1CC.O=S(=O)(O)c1ccccc1. The zero-order valence-electron chi connectivity index (χ0n) is 34.7. The maximum absolute atomic E-state index is 14.1. The molecule has 3 aromatic rings. The molecular weight excluding hydrogens is 771 g/mol. The summed E-state index contributed by atoms with van der Waals surface area (Å²) in [6.45, 7) is 11.3. The average molecular weight is 832 g/mol. The summed E-state index contributed by atoms with van der Waals surface area (Å²) < 4.78 is 29.2. The highest BCUT2D eigenvalue weighted by Gasteiger charge is 2.34. The smallest absolute Gasteiger partial charge is 0.351 e. The van der Waals surface area contributed by atoms with Crippen LogP contribution in [-0.2, 0) is 45.4 Å². The molecule has 15 heteroatoms. The van der Waals surface area contributed by atoms with Gasteiger partial charge in [0.05, 0.1) is 4.90 Å². The van der Waals surface area contributed by atoms with Gasteiger partial charge in [0, 0.05) is 70.0 Å². The lowest BCUT2D eigenvalue weighted by atomic mass is 9.96. The van der Waals surface area contributed by atoms with E-state index in [-0.39, 0.29) is 22.9 Å². The first-order valence-corrected chi connectivity index (χ1v) is 22.6. The molecule has 3 saturated heterocycles. The largest absolute Gasteiger partial charge is 0.426 e. The first-order valence-electron chi connectivity index (χ1n) is 21.1. The molecule has 320 valence electrons. The van der Waals surface area contributed by atoms with Gasteiger partial charge >= 0.3 is 12.1 Å². The van der Waals surface area contributed by atoms with Crippen molar-refractivity contribution in [2.45, 2.75) is 88.2 Å². The zero-order chi connectivity index (χ0) is 41.9. The maximum atomic E-state index is 14.1. The molecule has 7 rings (SSSR count). The second kappa shape index (κ2) is 20.6. The van der Waals surface area contributed by atoms with Gasteiger partial charge in [0.25, 0.3) is 10.1 Å². The third kappa shape index (κ3) is 12.0. The predicted octanol–water partition coefficient (Wildman–Crippen LogP) is 5.09. The first kappa shape index (κ1) is 44.0. The second-order valence-corrected chi connectivity index (χ2v) is 17.4. The third-order valence-electron chi connectivity index (χ3n) is 12.2. The molecule has 0 saturated carbocycles. The number of carbonyl (C=O) groups is 3. The number of hydroxylamine groups is 2. The number of hydrogen-bond donors (Lipinski definition) is 3. The number of piperazine rings is 1. The number of nitrogens with zero attached hydrogens (tertiary/aromatic N) is 5. The molecule has 4 aliphatic heterocycles. The van der Waals surface area contributed by atoms with Crippen molar-refractivity contribution in [2.24, 2.45) is 0 Å². The van der Waals surface area contributed by atoms with E-state index in [1.807, 2.05) is 28.0 Å². The average Bonchev–Trinajstić information content (AvgIpc) is 3.42. The lowest BCUT2D eigenvalue weighted by Crippen LogP contribution is -2.58. The summed E-state index contributed by atoms with van der Waals surface area (Å²) in [6.07, 6.45) is 6.23. The van der Waals surface area contributed by atoms with E-state index in [1.54, 1.807) is 23.3 Å². The van der Waals surface area contributed by atoms with Crippen molar-refractivity contribution in [3.8, 4) is 0 Å². The normalized spacial score (nSPS) is 19.4. The van der Waals surface area contributed by atoms with Gasteiger partial charge in [-0.05, 0) is 106 Å². The van der Waals surface area contributed by atoms with Crippen molar-refractivity contribution in [1.29, 1.82) is 0 Å². The quantitative estimate of drug-likeness (QED) is 0.236. The fourth-order valence-corrected chi connectivity index (χ4v) is 9.17. The number of benzene rings is 3. The minimum atomic E-state index is -4.00. The van der Waals surface area contributed by atoms with E-state index in [1.165, 1.54) is 36.1 Å². The molecule has 4 amide bonds. The van der Waals surface area contributed by atoms with Gasteiger partial charge in [0.2, 0.25) is 5.91 Å². The van der Waals surface area contributed by atoms with Gasteiger partial charge < -0.3 is 30.2 Å². The second-order valence-electron chi connectivity index (χ2n) is 16.0. The van der Waals surface area contributed by atoms with E-state index in [0.29, 0.717) is 58.0 Å². The Hall–Kier alpha value is -4.54. The minimum Gasteiger partial charge on any atom is -0.351 e. The van der Waals surface area contributed by atoms with E-state index in [4.69, 9.17) is 9.39 Å². The van der Waals surface area contributed by atoms with Gasteiger partial charge in [-0.15, -0.1) is 5.06 Å². The van der Waals surface area contributed by atoms with E-state index in [9.17, 15) is 22.8 Å². The Morgan fingerprint density at radius 2 is 1.46 bits per heavy atom. The Morgan fingerprint density at radius 3 is 2.10 bits per heavy atom. The van der Waals surface area contributed by atoms with Gasteiger partial charge in [-0.2, -0.15) is 8.42 Å². The summed E-state index contributed by atoms with van der Waals surface area (Å²) in [5.74, 6) is -0.0514. The van der Waals surface area contributed by atoms with Crippen LogP contribution in [0.4, 0.5) is 15.3 Å². The Kier molecular flexibility index (Phi) is 15.4. The van der Waals surface area contributed by atoms with Crippen molar-refractivity contribution in [3.63, 3.8) is 0 Å². The van der Waals surface area contributed by atoms with Crippen LogP contribution >= 0.6 is 0 Å². The molecule has 0 bridgehead atoms. The van der Waals surface area contributed by atoms with Crippen molar-refractivity contribution in [3.05, 3.63) is 95.1 Å². The Morgan fingerprint density at radius 1 is 0.814 bits per heavy atom. The highest BCUT2D eigenvalue weighted by Crippen LogP contribution is 2.25. The molecule has 3 fully saturated rings. The number of carbonyl (C=O) groups excluding carboxylic acids is 3. The molecule has 0 spiro atoms. The number of nitrogens with one attached hydrogen (secondary N) is 2. The molecule has 3 N–H and O–H groups in total. The standard InChI is InChI=1S/C38H55N7O4.C6H6O3S/c1-4-29-11-10-28(26-30(29)5-2)27-35(36(46)43-24-22-42(23-25-43)32-13-17-41(3)18-14-32)40-38(48)49-44-19-15-33(16-20-44)45-21-12-31-8-6-7-9-34(31)39-37(45)47;7-10(8,9)6-4-2-1-3-5-6/h6-11,26,32-33,35H,4-5,12-25,27H2,1-3H3,(H,39,47)(H,40,48);1-5H,(H,7,8,9)/t35-;/m1./s1. The number of urea groups is 1. The molecule has 3 aromatic carbocycles. The predicted molar refractivity (Wildman–Crippen MR) is 228 cm³/mol. The number of aryl methyl sites for hydroxylation is 2. The van der Waals surface area contributed by atoms with Gasteiger partial charge in [-0.3, -0.25) is 14.2 Å². The number of fused-ring (bicyclic) bond motifs is 1. The van der Waals surface area contributed by atoms with Crippen molar-refractivity contribution >= 4 is 33.8 Å². The van der Waals surface area contributed by atoms with Crippen LogP contribution in [0.2, 0.25) is 0 Å². The van der Waals surface area contributed by atoms with Crippen molar-refractivity contribution in [1.82, 2.24) is 30.0 Å². The molecule has 0 aromatic heterocycles. The molecular formula is C44H61N7O7S. The number of amides is 4. The molecule has 0 radical (unpaired) electrons. The molecule has 4 heterocycles. The lowest BCUT2D eigenvalue weighted by molar-refractivity contribution is -0.138. The summed E-state index contributed by atoms with van der Waals surface area (Å²) in [4.78, 5) is 55.0. The van der Waals surface area contributed by atoms with E-state index in [0.717, 1.165) is 62.3 Å². The lowest BCUT2D eigenvalue weighted by Gasteiger charge is -2.42. The van der Waals surface area contributed by atoms with Crippen LogP contribution < -0.4 is 10.6 Å². The minimum absolute atomic E-state index is 0.0514. The molecule has 1 atom stereocenters. The van der Waals surface area contributed by atoms with E-state index >= 15 is 0 Å². The Balaban J connectivity index is 0.000000512. The van der Waals surface area contributed by atoms with E-state index < -0.39 is 22.3 Å². The fraction of sp³-hybridized carbons (Fsp3) is 0.523. The summed E-state index contributed by atoms with van der Waals surface area (Å²) in [6, 6.07) is 21.7. The van der Waals surface area contributed by atoms with Gasteiger partial charge in [0.1, 0.15) is 6.04 Å². The Labute approximate surface area is 349 Å². The molecule has 14 nitrogen and oxygen atoms in total. The number of para-hydroxylation sites is 1. The number of hydrogen-bond acceptors (Lipinski definition) is 9. The highest BCUT2D eigenvalue weighted by molar-refractivity contribution is 7.85. The highest BCUT2D eigenvalue weighted by atomic mass is 32.2. The van der Waals surface area contributed by atoms with Crippen LogP contribution in [0.1, 0.15) is 61.8 Å². The third-order valence-corrected chi connectivity index (χ3v) is 13.0. The number of rotatable bonds is 10. The van der Waals surface area contributed by atoms with Crippen LogP contribution in [0, 0.1) is 0 Å². The first-order chi connectivity index (χ1) is 28.4. The van der Waals surface area contributed by atoms with Crippen LogP contribution in [0.25, 0.3) is 0 Å². The number of likely N-dealkylation sites (tertiary alicyclic amines) is 1. The summed E-state index contributed by atoms with van der Waals surface area (Å²) in [5, 5.41) is 7.70. The summed E-state index contributed by atoms with van der Waals surface area (Å²) in [7, 11) is -1.82. The monoisotopic (exact) mass is 831 g/mol. The number of anilines is 1. The molecule has 0 aliphatic carbocycles. The topological polar surface area (TPSA) is 155 Å². The molecule has 0 unspecified atom stereocenters. The van der Waals surface area contributed by atoms with Gasteiger partial charge in [0.15, 0.2) is 0 Å². The van der Waals surface area contributed by atoms with Crippen LogP contribution in [0.3, 0.4) is 0 Å². The van der Waals surface area contributed by atoms with Gasteiger partial charge in [-0.1, -0.05) is 68.4 Å². The molecule has 59 heavy (non-hydrogen) atoms. The van der Waals surface area contributed by atoms with Crippen LogP contribution in [0.15, 0.2) is 77.7 Å². The maximum Gasteiger partial charge on any atom is 0.426 e. The summed E-state index contributed by atoms with van der Waals surface area (Å²) in [5.41, 5.74) is 5.66. The van der Waals surface area contributed by atoms with Crippen LogP contribution in [0.5, 0.6) is 0 Å². The van der Waals surface area contributed by atoms with Gasteiger partial charge in [-0.25, -0.2) is 9.59 Å². The van der Waals surface area contributed by atoms with Crippen molar-refractivity contribution < 1.29 is 32.2 Å². The van der Waals surface area contributed by atoms with Crippen LogP contribution in [-0.4, -0.2) is 140 Å². The summed E-state index contributed by atoms with van der Waals surface area (Å²) >= 11 is 0.